The maximum absolute atomic E-state index is 2.55. The highest BCUT2D eigenvalue weighted by Crippen LogP contribution is 2.57. The Labute approximate surface area is 310 Å². The lowest BCUT2D eigenvalue weighted by Crippen LogP contribution is -2.24. The summed E-state index contributed by atoms with van der Waals surface area (Å²) in [7, 11) is 0. The summed E-state index contributed by atoms with van der Waals surface area (Å²) < 4.78 is 2.42. The maximum atomic E-state index is 2.55. The molecule has 0 atom stereocenters. The zero-order chi connectivity index (χ0) is 35.6. The van der Waals surface area contributed by atoms with Crippen molar-refractivity contribution in [3.63, 3.8) is 0 Å². The number of hydrogen-bond donors (Lipinski definition) is 0. The van der Waals surface area contributed by atoms with Gasteiger partial charge in [-0.05, 0) is 120 Å². The van der Waals surface area contributed by atoms with Crippen molar-refractivity contribution in [3.05, 3.63) is 186 Å². The number of hydrogen-bond acceptors (Lipinski definition) is 0. The van der Waals surface area contributed by atoms with Gasteiger partial charge in [0.1, 0.15) is 0 Å². The summed E-state index contributed by atoms with van der Waals surface area (Å²) in [5.74, 6) is 0. The first-order chi connectivity index (χ1) is 25.8. The highest BCUT2D eigenvalue weighted by atomic mass is 15.0. The van der Waals surface area contributed by atoms with Crippen LogP contribution in [0.4, 0.5) is 0 Å². The Morgan fingerprint density at radius 3 is 1.83 bits per heavy atom. The molecule has 1 heteroatoms. The molecule has 0 saturated carbocycles. The van der Waals surface area contributed by atoms with E-state index in [9.17, 15) is 0 Å². The summed E-state index contributed by atoms with van der Waals surface area (Å²) in [5, 5.41) is 5.27. The monoisotopic (exact) mass is 677 g/mol. The van der Waals surface area contributed by atoms with Crippen molar-refractivity contribution in [2.24, 2.45) is 0 Å². The van der Waals surface area contributed by atoms with Crippen LogP contribution in [0.1, 0.15) is 49.9 Å². The van der Waals surface area contributed by atoms with Crippen LogP contribution in [0.5, 0.6) is 0 Å². The van der Waals surface area contributed by atoms with Gasteiger partial charge in [-0.3, -0.25) is 0 Å². The van der Waals surface area contributed by atoms with Crippen LogP contribution in [0.15, 0.2) is 164 Å². The molecule has 1 heterocycles. The fourth-order valence-electron chi connectivity index (χ4n) is 9.90. The molecule has 0 unspecified atom stereocenters. The number of para-hydroxylation sites is 1. The molecule has 2 aliphatic rings. The third-order valence-electron chi connectivity index (χ3n) is 12.6. The Kier molecular flexibility index (Phi) is 6.14. The van der Waals surface area contributed by atoms with Crippen LogP contribution in [0.3, 0.4) is 0 Å². The largest absolute Gasteiger partial charge is 0.309 e. The molecular weight excluding hydrogens is 639 g/mol. The Bertz CT molecular complexity index is 2970. The van der Waals surface area contributed by atoms with Crippen molar-refractivity contribution in [1.29, 1.82) is 0 Å². The van der Waals surface area contributed by atoms with Crippen LogP contribution < -0.4 is 0 Å². The van der Waals surface area contributed by atoms with Crippen molar-refractivity contribution in [2.45, 2.75) is 38.5 Å². The first kappa shape index (κ1) is 30.4. The van der Waals surface area contributed by atoms with Gasteiger partial charge in [-0.25, -0.2) is 0 Å². The summed E-state index contributed by atoms with van der Waals surface area (Å²) in [4.78, 5) is 0. The molecule has 9 aromatic rings. The van der Waals surface area contributed by atoms with Gasteiger partial charge in [0, 0.05) is 27.3 Å². The van der Waals surface area contributed by atoms with Gasteiger partial charge in [-0.2, -0.15) is 0 Å². The van der Waals surface area contributed by atoms with Crippen molar-refractivity contribution < 1.29 is 0 Å². The topological polar surface area (TPSA) is 4.93 Å². The smallest absolute Gasteiger partial charge is 0.0541 e. The number of benzene rings is 8. The summed E-state index contributed by atoms with van der Waals surface area (Å²) in [6.45, 7) is 9.63. The summed E-state index contributed by atoms with van der Waals surface area (Å²) in [5.41, 5.74) is 19.5. The molecule has 1 aromatic heterocycles. The normalized spacial score (nSPS) is 14.7. The SMILES string of the molecule is CC1(C)c2cc3c(cc2-c2c(-c4ccc(-n5c6ccccc6c6cc(-c7ccccc7)ccc65)cc4)cccc21)C(C)(C)c1cccc2cccc-3c12. The molecule has 53 heavy (non-hydrogen) atoms. The van der Waals surface area contributed by atoms with E-state index in [2.05, 4.69) is 196 Å². The molecule has 0 bridgehead atoms. The van der Waals surface area contributed by atoms with Crippen LogP contribution in [-0.2, 0) is 10.8 Å². The molecular formula is C52H39N. The Morgan fingerprint density at radius 2 is 1.00 bits per heavy atom. The van der Waals surface area contributed by atoms with Gasteiger partial charge < -0.3 is 4.57 Å². The van der Waals surface area contributed by atoms with Gasteiger partial charge in [0.05, 0.1) is 11.0 Å². The van der Waals surface area contributed by atoms with E-state index in [0.717, 1.165) is 0 Å². The quantitative estimate of drug-likeness (QED) is 0.175. The highest BCUT2D eigenvalue weighted by molar-refractivity contribution is 6.10. The second-order valence-electron chi connectivity index (χ2n) is 16.1. The van der Waals surface area contributed by atoms with E-state index in [4.69, 9.17) is 0 Å². The molecule has 8 aromatic carbocycles. The van der Waals surface area contributed by atoms with Gasteiger partial charge in [0.15, 0.2) is 0 Å². The minimum Gasteiger partial charge on any atom is -0.309 e. The third-order valence-corrected chi connectivity index (χ3v) is 12.6. The van der Waals surface area contributed by atoms with Gasteiger partial charge in [0.25, 0.3) is 0 Å². The Morgan fingerprint density at radius 1 is 0.377 bits per heavy atom. The van der Waals surface area contributed by atoms with Crippen LogP contribution in [0, 0.1) is 0 Å². The average Bonchev–Trinajstić information content (AvgIpc) is 3.64. The van der Waals surface area contributed by atoms with Gasteiger partial charge in [-0.15, -0.1) is 0 Å². The minimum absolute atomic E-state index is 0.119. The molecule has 0 spiro atoms. The number of rotatable bonds is 3. The lowest BCUT2D eigenvalue weighted by Gasteiger charge is -2.36. The summed E-state index contributed by atoms with van der Waals surface area (Å²) in [6.07, 6.45) is 0. The molecule has 0 radical (unpaired) electrons. The van der Waals surface area contributed by atoms with E-state index in [1.807, 2.05) is 0 Å². The van der Waals surface area contributed by atoms with Crippen molar-refractivity contribution >= 4 is 32.6 Å². The van der Waals surface area contributed by atoms with Gasteiger partial charge in [-0.1, -0.05) is 149 Å². The lowest BCUT2D eigenvalue weighted by molar-refractivity contribution is 0.639. The predicted molar refractivity (Wildman–Crippen MR) is 224 cm³/mol. The number of fused-ring (bicyclic) bond motifs is 8. The van der Waals surface area contributed by atoms with Crippen LogP contribution in [-0.4, -0.2) is 4.57 Å². The van der Waals surface area contributed by atoms with E-state index in [1.54, 1.807) is 0 Å². The van der Waals surface area contributed by atoms with E-state index >= 15 is 0 Å². The molecule has 0 aliphatic heterocycles. The predicted octanol–water partition coefficient (Wildman–Crippen LogP) is 13.9. The lowest BCUT2D eigenvalue weighted by atomic mass is 9.67. The second-order valence-corrected chi connectivity index (χ2v) is 16.1. The summed E-state index contributed by atoms with van der Waals surface area (Å²) >= 11 is 0. The fraction of sp³-hybridized carbons (Fsp3) is 0.115. The molecule has 1 nitrogen and oxygen atoms in total. The minimum atomic E-state index is -0.119. The zero-order valence-corrected chi connectivity index (χ0v) is 30.5. The number of nitrogens with zero attached hydrogens (tertiary/aromatic N) is 1. The zero-order valence-electron chi connectivity index (χ0n) is 30.5. The molecule has 0 fully saturated rings. The first-order valence-corrected chi connectivity index (χ1v) is 18.9. The molecule has 0 saturated heterocycles. The summed E-state index contributed by atoms with van der Waals surface area (Å²) in [6, 6.07) is 61.3. The fourth-order valence-corrected chi connectivity index (χ4v) is 9.90. The van der Waals surface area contributed by atoms with Crippen LogP contribution in [0.25, 0.3) is 82.8 Å². The Hall–Kier alpha value is -6.18. The first-order valence-electron chi connectivity index (χ1n) is 18.9. The number of aromatic nitrogens is 1. The van der Waals surface area contributed by atoms with Crippen molar-refractivity contribution in [3.8, 4) is 50.2 Å². The van der Waals surface area contributed by atoms with E-state index in [0.29, 0.717) is 0 Å². The molecule has 252 valence electrons. The van der Waals surface area contributed by atoms with E-state index < -0.39 is 0 Å². The standard InChI is InChI=1S/C52H39N/c1-51(2)43-20-11-16-34-15-10-19-39(49(34)43)40-30-46-42(31-45(40)51)50-37(18-12-21-44(50)52(46,3)4)33-23-26-36(27-24-33)53-47-22-9-8-17-38(47)41-29-35(25-28-48(41)53)32-13-6-5-7-14-32/h5-31H,1-4H3. The van der Waals surface area contributed by atoms with Crippen molar-refractivity contribution in [1.82, 2.24) is 4.57 Å². The van der Waals surface area contributed by atoms with Gasteiger partial charge in [0.2, 0.25) is 0 Å². The van der Waals surface area contributed by atoms with Gasteiger partial charge >= 0.3 is 0 Å². The van der Waals surface area contributed by atoms with Crippen LogP contribution in [0.2, 0.25) is 0 Å². The van der Waals surface area contributed by atoms with Crippen LogP contribution >= 0.6 is 0 Å². The van der Waals surface area contributed by atoms with E-state index in [1.165, 1.54) is 105 Å². The van der Waals surface area contributed by atoms with E-state index in [-0.39, 0.29) is 10.8 Å². The maximum Gasteiger partial charge on any atom is 0.0541 e. The molecule has 2 aliphatic carbocycles. The molecule has 0 N–H and O–H groups in total. The molecule has 0 amide bonds. The van der Waals surface area contributed by atoms with Crippen molar-refractivity contribution in [2.75, 3.05) is 0 Å². The molecule has 11 rings (SSSR count). The Balaban J connectivity index is 1.06. The third kappa shape index (κ3) is 4.14. The highest BCUT2D eigenvalue weighted by Gasteiger charge is 2.41. The second kappa shape index (κ2) is 10.7. The average molecular weight is 678 g/mol.